The van der Waals surface area contributed by atoms with Gasteiger partial charge in [0.05, 0.1) is 17.7 Å². The highest BCUT2D eigenvalue weighted by molar-refractivity contribution is 6.32. The van der Waals surface area contributed by atoms with Crippen LogP contribution in [0.25, 0.3) is 0 Å². The van der Waals surface area contributed by atoms with Crippen LogP contribution in [0.4, 0.5) is 0 Å². The monoisotopic (exact) mass is 309 g/mol. The van der Waals surface area contributed by atoms with Gasteiger partial charge in [0.25, 0.3) is 5.91 Å². The standard InChI is InChI=1S/C16H20ClNO3/c1-11(2)15(10-21-3)18-16(20)13-7-6-12(5-4-8-19)14(17)9-13/h6-7,9,11,15,19H,8,10H2,1-3H3,(H,18,20). The van der Waals surface area contributed by atoms with Crippen LogP contribution in [-0.4, -0.2) is 37.4 Å². The Bertz CT molecular complexity index is 546. The predicted octanol–water partition coefficient (Wildman–Crippen LogP) is 2.08. The summed E-state index contributed by atoms with van der Waals surface area (Å²) in [4.78, 5) is 12.2. The molecule has 1 unspecified atom stereocenters. The summed E-state index contributed by atoms with van der Waals surface area (Å²) in [5.74, 6) is 5.31. The Kier molecular flexibility index (Phi) is 7.24. The predicted molar refractivity (Wildman–Crippen MR) is 83.4 cm³/mol. The molecule has 1 aromatic carbocycles. The van der Waals surface area contributed by atoms with Gasteiger partial charge in [-0.05, 0) is 24.1 Å². The van der Waals surface area contributed by atoms with E-state index in [0.29, 0.717) is 22.8 Å². The number of halogens is 1. The van der Waals surface area contributed by atoms with Crippen LogP contribution >= 0.6 is 11.6 Å². The van der Waals surface area contributed by atoms with Crippen molar-refractivity contribution in [2.75, 3.05) is 20.3 Å². The fraction of sp³-hybridized carbons (Fsp3) is 0.438. The van der Waals surface area contributed by atoms with E-state index in [1.54, 1.807) is 25.3 Å². The molecule has 0 heterocycles. The molecule has 1 atom stereocenters. The number of methoxy groups -OCH3 is 1. The van der Waals surface area contributed by atoms with Gasteiger partial charge in [-0.25, -0.2) is 0 Å². The summed E-state index contributed by atoms with van der Waals surface area (Å²) in [6.45, 7) is 4.26. The maximum absolute atomic E-state index is 12.2. The van der Waals surface area contributed by atoms with E-state index in [1.165, 1.54) is 0 Å². The summed E-state index contributed by atoms with van der Waals surface area (Å²) in [5, 5.41) is 12.0. The molecule has 0 spiro atoms. The lowest BCUT2D eigenvalue weighted by Crippen LogP contribution is -2.41. The van der Waals surface area contributed by atoms with Gasteiger partial charge in [-0.2, -0.15) is 0 Å². The van der Waals surface area contributed by atoms with Gasteiger partial charge >= 0.3 is 0 Å². The molecular formula is C16H20ClNO3. The molecule has 2 N–H and O–H groups in total. The van der Waals surface area contributed by atoms with Crippen LogP contribution in [0.2, 0.25) is 5.02 Å². The van der Waals surface area contributed by atoms with Crippen LogP contribution < -0.4 is 5.32 Å². The first-order valence-electron chi connectivity index (χ1n) is 6.68. The summed E-state index contributed by atoms with van der Waals surface area (Å²) in [6.07, 6.45) is 0. The minimum atomic E-state index is -0.231. The first-order chi connectivity index (χ1) is 9.99. The van der Waals surface area contributed by atoms with E-state index in [1.807, 2.05) is 13.8 Å². The van der Waals surface area contributed by atoms with Gasteiger partial charge in [0, 0.05) is 18.2 Å². The SMILES string of the molecule is COCC(NC(=O)c1ccc(C#CCO)c(Cl)c1)C(C)C. The van der Waals surface area contributed by atoms with Gasteiger partial charge in [-0.3, -0.25) is 4.79 Å². The van der Waals surface area contributed by atoms with E-state index in [2.05, 4.69) is 17.2 Å². The Morgan fingerprint density at radius 2 is 2.19 bits per heavy atom. The van der Waals surface area contributed by atoms with E-state index in [9.17, 15) is 4.79 Å². The largest absolute Gasteiger partial charge is 0.384 e. The lowest BCUT2D eigenvalue weighted by atomic mass is 10.0. The smallest absolute Gasteiger partial charge is 0.251 e. The number of aliphatic hydroxyl groups excluding tert-OH is 1. The molecule has 1 aromatic rings. The number of aliphatic hydroxyl groups is 1. The molecule has 4 nitrogen and oxygen atoms in total. The fourth-order valence-electron chi connectivity index (χ4n) is 1.72. The quantitative estimate of drug-likeness (QED) is 0.819. The number of rotatable bonds is 5. The number of nitrogens with one attached hydrogen (secondary N) is 1. The molecule has 0 aliphatic carbocycles. The van der Waals surface area contributed by atoms with Crippen LogP contribution in [0, 0.1) is 17.8 Å². The zero-order chi connectivity index (χ0) is 15.8. The zero-order valence-corrected chi connectivity index (χ0v) is 13.2. The number of hydrogen-bond donors (Lipinski definition) is 2. The molecule has 0 aromatic heterocycles. The van der Waals surface area contributed by atoms with Crippen molar-refractivity contribution in [3.63, 3.8) is 0 Å². The molecule has 0 fully saturated rings. The summed E-state index contributed by atoms with van der Waals surface area (Å²) in [5.41, 5.74) is 1.05. The van der Waals surface area contributed by atoms with E-state index in [-0.39, 0.29) is 24.5 Å². The van der Waals surface area contributed by atoms with Crippen LogP contribution in [0.15, 0.2) is 18.2 Å². The molecule has 0 radical (unpaired) electrons. The van der Waals surface area contributed by atoms with E-state index in [0.717, 1.165) is 0 Å². The lowest BCUT2D eigenvalue weighted by molar-refractivity contribution is 0.0866. The summed E-state index contributed by atoms with van der Waals surface area (Å²) in [6, 6.07) is 4.84. The van der Waals surface area contributed by atoms with Gasteiger partial charge < -0.3 is 15.2 Å². The highest BCUT2D eigenvalue weighted by Crippen LogP contribution is 2.17. The average Bonchev–Trinajstić information content (AvgIpc) is 2.45. The first kappa shape index (κ1) is 17.5. The van der Waals surface area contributed by atoms with Crippen LogP contribution in [0.5, 0.6) is 0 Å². The number of carbonyl (C=O) groups is 1. The van der Waals surface area contributed by atoms with Gasteiger partial charge in [0.1, 0.15) is 6.61 Å². The highest BCUT2D eigenvalue weighted by Gasteiger charge is 2.17. The first-order valence-corrected chi connectivity index (χ1v) is 7.06. The van der Waals surface area contributed by atoms with Gasteiger partial charge in [-0.15, -0.1) is 0 Å². The van der Waals surface area contributed by atoms with Crippen molar-refractivity contribution in [2.24, 2.45) is 5.92 Å². The second-order valence-electron chi connectivity index (χ2n) is 4.93. The Morgan fingerprint density at radius 3 is 2.71 bits per heavy atom. The average molecular weight is 310 g/mol. The minimum Gasteiger partial charge on any atom is -0.384 e. The number of hydrogen-bond acceptors (Lipinski definition) is 3. The summed E-state index contributed by atoms with van der Waals surface area (Å²) in [7, 11) is 1.60. The second kappa shape index (κ2) is 8.68. The van der Waals surface area contributed by atoms with Crippen molar-refractivity contribution in [1.82, 2.24) is 5.32 Å². The highest BCUT2D eigenvalue weighted by atomic mass is 35.5. The Morgan fingerprint density at radius 1 is 1.48 bits per heavy atom. The van der Waals surface area contributed by atoms with Crippen molar-refractivity contribution in [2.45, 2.75) is 19.9 Å². The molecule has 114 valence electrons. The molecule has 1 amide bonds. The number of carbonyl (C=O) groups excluding carboxylic acids is 1. The molecule has 0 saturated carbocycles. The maximum atomic E-state index is 12.2. The van der Waals surface area contributed by atoms with E-state index in [4.69, 9.17) is 21.4 Å². The third-order valence-electron chi connectivity index (χ3n) is 3.00. The fourth-order valence-corrected chi connectivity index (χ4v) is 1.95. The third-order valence-corrected chi connectivity index (χ3v) is 3.31. The number of benzene rings is 1. The Hall–Kier alpha value is -1.54. The van der Waals surface area contributed by atoms with Crippen molar-refractivity contribution < 1.29 is 14.6 Å². The Balaban J connectivity index is 2.85. The van der Waals surface area contributed by atoms with Gasteiger partial charge in [-0.1, -0.05) is 37.3 Å². The van der Waals surface area contributed by atoms with E-state index >= 15 is 0 Å². The zero-order valence-electron chi connectivity index (χ0n) is 12.4. The van der Waals surface area contributed by atoms with E-state index < -0.39 is 0 Å². The summed E-state index contributed by atoms with van der Waals surface area (Å²) < 4.78 is 5.11. The third kappa shape index (κ3) is 5.39. The topological polar surface area (TPSA) is 58.6 Å². The molecule has 0 aliphatic rings. The van der Waals surface area contributed by atoms with Crippen LogP contribution in [0.1, 0.15) is 29.8 Å². The Labute approximate surface area is 130 Å². The van der Waals surface area contributed by atoms with Crippen molar-refractivity contribution in [3.8, 4) is 11.8 Å². The van der Waals surface area contributed by atoms with Crippen LogP contribution in [0.3, 0.4) is 0 Å². The molecule has 5 heteroatoms. The second-order valence-corrected chi connectivity index (χ2v) is 5.34. The number of amides is 1. The van der Waals surface area contributed by atoms with Crippen molar-refractivity contribution >= 4 is 17.5 Å². The van der Waals surface area contributed by atoms with Crippen LogP contribution in [-0.2, 0) is 4.74 Å². The lowest BCUT2D eigenvalue weighted by Gasteiger charge is -2.21. The summed E-state index contributed by atoms with van der Waals surface area (Å²) >= 11 is 6.08. The molecule has 0 aliphatic heterocycles. The molecule has 1 rings (SSSR count). The molecule has 0 saturated heterocycles. The minimum absolute atomic E-state index is 0.0601. The van der Waals surface area contributed by atoms with Gasteiger partial charge in [0.15, 0.2) is 0 Å². The molecular weight excluding hydrogens is 290 g/mol. The maximum Gasteiger partial charge on any atom is 0.251 e. The van der Waals surface area contributed by atoms with Crippen molar-refractivity contribution in [3.05, 3.63) is 34.3 Å². The number of ether oxygens (including phenoxy) is 1. The van der Waals surface area contributed by atoms with Crippen molar-refractivity contribution in [1.29, 1.82) is 0 Å². The molecule has 21 heavy (non-hydrogen) atoms. The molecule has 0 bridgehead atoms. The normalized spacial score (nSPS) is 11.7. The van der Waals surface area contributed by atoms with Gasteiger partial charge in [0.2, 0.25) is 0 Å².